The summed E-state index contributed by atoms with van der Waals surface area (Å²) in [6.07, 6.45) is 0. The Balaban J connectivity index is 1.51. The quantitative estimate of drug-likeness (QED) is 0.108. The predicted octanol–water partition coefficient (Wildman–Crippen LogP) is 17.1. The lowest BCUT2D eigenvalue weighted by molar-refractivity contribution is 0.332. The monoisotopic (exact) mass is 856 g/mol. The summed E-state index contributed by atoms with van der Waals surface area (Å²) in [5, 5.41) is 1.66. The van der Waals surface area contributed by atoms with E-state index in [1.54, 1.807) is 0 Å². The van der Waals surface area contributed by atoms with Gasteiger partial charge in [-0.2, -0.15) is 0 Å². The number of para-hydroxylation sites is 3. The van der Waals surface area contributed by atoms with Gasteiger partial charge in [-0.25, -0.2) is 0 Å². The van der Waals surface area contributed by atoms with Crippen LogP contribution in [0.4, 0.5) is 0 Å². The Labute approximate surface area is 374 Å². The summed E-state index contributed by atoms with van der Waals surface area (Å²) >= 11 is 6.72. The molecular weight excluding hydrogens is 808 g/mol. The van der Waals surface area contributed by atoms with Crippen molar-refractivity contribution in [3.05, 3.63) is 185 Å². The largest absolute Gasteiger partial charge is 0.453 e. The summed E-state index contributed by atoms with van der Waals surface area (Å²) < 4.78 is 48.2. The molecule has 318 valence electrons. The molecule has 0 aliphatic rings. The molecule has 0 fully saturated rings. The molecule has 8 heteroatoms. The summed E-state index contributed by atoms with van der Waals surface area (Å²) in [6.45, 7) is 16.3. The number of rotatable bonds is 14. The van der Waals surface area contributed by atoms with Crippen molar-refractivity contribution in [2.75, 3.05) is 0 Å². The van der Waals surface area contributed by atoms with Gasteiger partial charge >= 0.3 is 0 Å². The zero-order valence-electron chi connectivity index (χ0n) is 36.7. The molecule has 0 aliphatic carbocycles. The zero-order chi connectivity index (χ0) is 44.2. The highest BCUT2D eigenvalue weighted by Crippen LogP contribution is 2.64. The average Bonchev–Trinajstić information content (AvgIpc) is 3.27. The first-order valence-corrected chi connectivity index (χ1v) is 21.3. The van der Waals surface area contributed by atoms with Crippen molar-refractivity contribution in [3.8, 4) is 74.7 Å². The van der Waals surface area contributed by atoms with Gasteiger partial charge in [0.1, 0.15) is 40.6 Å². The molecular formula is C55H49ClO7. The number of halogens is 1. The second-order valence-electron chi connectivity index (χ2n) is 16.0. The standard InChI is InChI=1S/C55H49ClO7/c1-33(2)42-24-15-17-27-46(42)60-50-51(59-45-28-18-20-35(4)39(45)8)53(58-44-26-16-12-19-36(44)5)55(63-56)54(52(50)61-48-37(6)31-34(3)32-38(48)7)62-49-43-25-14-13-21-40(43)29-30-47(49)57-41-22-10-9-11-23-41/h9-33H,1-8H3. The van der Waals surface area contributed by atoms with E-state index in [4.69, 9.17) is 44.6 Å². The number of fused-ring (bicyclic) bond motifs is 1. The third kappa shape index (κ3) is 8.97. The molecule has 63 heavy (non-hydrogen) atoms. The molecule has 0 amide bonds. The van der Waals surface area contributed by atoms with Crippen molar-refractivity contribution in [1.29, 1.82) is 0 Å². The van der Waals surface area contributed by atoms with Gasteiger partial charge in [-0.15, -0.1) is 0 Å². The van der Waals surface area contributed by atoms with E-state index in [-0.39, 0.29) is 40.4 Å². The Morgan fingerprint density at radius 2 is 0.921 bits per heavy atom. The maximum atomic E-state index is 7.26. The maximum Gasteiger partial charge on any atom is 0.239 e. The summed E-state index contributed by atoms with van der Waals surface area (Å²) in [5.41, 5.74) is 6.60. The second-order valence-corrected chi connectivity index (χ2v) is 16.1. The molecule has 0 unspecified atom stereocenters. The Bertz CT molecular complexity index is 2920. The van der Waals surface area contributed by atoms with Crippen LogP contribution in [0.2, 0.25) is 0 Å². The van der Waals surface area contributed by atoms with Crippen LogP contribution in [0.15, 0.2) is 146 Å². The summed E-state index contributed by atoms with van der Waals surface area (Å²) in [7, 11) is 0. The van der Waals surface area contributed by atoms with Crippen molar-refractivity contribution >= 4 is 22.6 Å². The smallest absolute Gasteiger partial charge is 0.239 e. The van der Waals surface area contributed by atoms with Crippen molar-refractivity contribution in [2.45, 2.75) is 61.3 Å². The molecule has 0 radical (unpaired) electrons. The highest BCUT2D eigenvalue weighted by molar-refractivity contribution is 6.10. The molecule has 0 saturated heterocycles. The number of benzene rings is 8. The van der Waals surface area contributed by atoms with E-state index in [1.165, 1.54) is 0 Å². The lowest BCUT2D eigenvalue weighted by atomic mass is 10.0. The highest BCUT2D eigenvalue weighted by atomic mass is 35.5. The number of aryl methyl sites for hydroxylation is 5. The van der Waals surface area contributed by atoms with E-state index in [9.17, 15) is 0 Å². The summed E-state index contributed by atoms with van der Waals surface area (Å²) in [6, 6.07) is 46.8. The average molecular weight is 857 g/mol. The van der Waals surface area contributed by atoms with Crippen molar-refractivity contribution in [3.63, 3.8) is 0 Å². The van der Waals surface area contributed by atoms with E-state index in [0.717, 1.165) is 49.7 Å². The fourth-order valence-electron chi connectivity index (χ4n) is 7.59. The molecule has 7 nitrogen and oxygen atoms in total. The van der Waals surface area contributed by atoms with Crippen molar-refractivity contribution < 1.29 is 32.7 Å². The molecule has 0 spiro atoms. The summed E-state index contributed by atoms with van der Waals surface area (Å²) in [4.78, 5) is 0. The zero-order valence-corrected chi connectivity index (χ0v) is 37.4. The molecule has 0 N–H and O–H groups in total. The Morgan fingerprint density at radius 3 is 1.63 bits per heavy atom. The predicted molar refractivity (Wildman–Crippen MR) is 252 cm³/mol. The molecule has 8 rings (SSSR count). The van der Waals surface area contributed by atoms with Gasteiger partial charge in [-0.1, -0.05) is 129 Å². The molecule has 0 aromatic heterocycles. The van der Waals surface area contributed by atoms with E-state index >= 15 is 0 Å². The van der Waals surface area contributed by atoms with Gasteiger partial charge in [0.2, 0.25) is 34.5 Å². The van der Waals surface area contributed by atoms with Crippen LogP contribution in [0.1, 0.15) is 58.7 Å². The first-order valence-electron chi connectivity index (χ1n) is 21.0. The molecule has 0 saturated carbocycles. The van der Waals surface area contributed by atoms with Gasteiger partial charge in [0.25, 0.3) is 0 Å². The van der Waals surface area contributed by atoms with E-state index in [1.807, 2.05) is 168 Å². The minimum atomic E-state index is -0.0271. The van der Waals surface area contributed by atoms with Crippen LogP contribution in [-0.4, -0.2) is 0 Å². The first kappa shape index (κ1) is 42.6. The first-order chi connectivity index (χ1) is 30.5. The number of hydrogen-bond donors (Lipinski definition) is 0. The lowest BCUT2D eigenvalue weighted by Crippen LogP contribution is -2.05. The number of ether oxygens (including phenoxy) is 6. The molecule has 0 heterocycles. The summed E-state index contributed by atoms with van der Waals surface area (Å²) in [5.74, 6) is 4.27. The minimum Gasteiger partial charge on any atom is -0.453 e. The molecule has 0 aliphatic heterocycles. The van der Waals surface area contributed by atoms with E-state index < -0.39 is 0 Å². The van der Waals surface area contributed by atoms with Crippen molar-refractivity contribution in [2.24, 2.45) is 0 Å². The van der Waals surface area contributed by atoms with Gasteiger partial charge < -0.3 is 32.7 Å². The van der Waals surface area contributed by atoms with Crippen LogP contribution >= 0.6 is 11.9 Å². The third-order valence-corrected chi connectivity index (χ3v) is 11.1. The minimum absolute atomic E-state index is 0.0271. The third-order valence-electron chi connectivity index (χ3n) is 11.0. The fourth-order valence-corrected chi connectivity index (χ4v) is 7.73. The Hall–Kier alpha value is -7.09. The molecule has 8 aromatic rings. The molecule has 0 bridgehead atoms. The molecule has 0 atom stereocenters. The van der Waals surface area contributed by atoms with Crippen LogP contribution in [0.5, 0.6) is 74.7 Å². The van der Waals surface area contributed by atoms with Gasteiger partial charge in [0.05, 0.1) is 0 Å². The maximum absolute atomic E-state index is 7.26. The molecule has 8 aromatic carbocycles. The van der Waals surface area contributed by atoms with Crippen LogP contribution in [0, 0.1) is 41.5 Å². The van der Waals surface area contributed by atoms with Crippen LogP contribution in [0.25, 0.3) is 10.8 Å². The van der Waals surface area contributed by atoms with Crippen LogP contribution in [-0.2, 0) is 0 Å². The topological polar surface area (TPSA) is 64.6 Å². The van der Waals surface area contributed by atoms with Gasteiger partial charge in [0, 0.05) is 5.39 Å². The Morgan fingerprint density at radius 1 is 0.381 bits per heavy atom. The second kappa shape index (κ2) is 18.5. The van der Waals surface area contributed by atoms with Gasteiger partial charge in [-0.3, -0.25) is 0 Å². The number of hydrogen-bond acceptors (Lipinski definition) is 7. The normalized spacial score (nSPS) is 11.1. The highest BCUT2D eigenvalue weighted by Gasteiger charge is 2.36. The lowest BCUT2D eigenvalue weighted by Gasteiger charge is -2.26. The van der Waals surface area contributed by atoms with E-state index in [0.29, 0.717) is 40.2 Å². The van der Waals surface area contributed by atoms with Crippen LogP contribution in [0.3, 0.4) is 0 Å². The van der Waals surface area contributed by atoms with Crippen LogP contribution < -0.4 is 32.7 Å². The SMILES string of the molecule is Cc1cc(C)c(Oc2c(Oc3ccccc3C(C)C)c(Oc3cccc(C)c3C)c(Oc3ccccc3C)c(OCl)c2Oc2c(Oc3ccccc3)ccc3ccccc23)c(C)c1. The Kier molecular flexibility index (Phi) is 12.5. The van der Waals surface area contributed by atoms with Gasteiger partial charge in [0.15, 0.2) is 11.5 Å². The fraction of sp³-hybridized carbons (Fsp3) is 0.164. The van der Waals surface area contributed by atoms with E-state index in [2.05, 4.69) is 32.9 Å². The van der Waals surface area contributed by atoms with Crippen molar-refractivity contribution in [1.82, 2.24) is 0 Å². The van der Waals surface area contributed by atoms with Gasteiger partial charge in [-0.05, 0) is 123 Å².